The van der Waals surface area contributed by atoms with E-state index in [9.17, 15) is 0 Å². The second kappa shape index (κ2) is 8.98. The second-order valence-electron chi connectivity index (χ2n) is 4.19. The van der Waals surface area contributed by atoms with Crippen LogP contribution in [0.15, 0.2) is 22.7 Å². The molecule has 104 valence electrons. The lowest BCUT2D eigenvalue weighted by Gasteiger charge is -2.17. The van der Waals surface area contributed by atoms with Crippen LogP contribution in [-0.2, 0) is 11.3 Å². The van der Waals surface area contributed by atoms with Gasteiger partial charge in [-0.15, -0.1) is 6.42 Å². The molecule has 3 nitrogen and oxygen atoms in total. The van der Waals surface area contributed by atoms with E-state index in [0.717, 1.165) is 28.8 Å². The highest BCUT2D eigenvalue weighted by Crippen LogP contribution is 2.23. The molecule has 0 radical (unpaired) electrons. The topological polar surface area (TPSA) is 30.5 Å². The summed E-state index contributed by atoms with van der Waals surface area (Å²) in [5.41, 5.74) is 1.08. The maximum absolute atomic E-state index is 5.54. The fraction of sp³-hybridized carbons (Fsp3) is 0.467. The van der Waals surface area contributed by atoms with Crippen LogP contribution in [-0.4, -0.2) is 26.4 Å². The molecule has 1 aromatic carbocycles. The van der Waals surface area contributed by atoms with Gasteiger partial charge in [0.2, 0.25) is 0 Å². The molecule has 0 amide bonds. The van der Waals surface area contributed by atoms with Gasteiger partial charge in [-0.05, 0) is 24.6 Å². The average molecular weight is 326 g/mol. The van der Waals surface area contributed by atoms with Gasteiger partial charge >= 0.3 is 0 Å². The Balaban J connectivity index is 2.69. The number of terminal acetylenes is 1. The molecule has 4 heteroatoms. The molecule has 0 aliphatic heterocycles. The molecule has 1 rings (SSSR count). The largest absolute Gasteiger partial charge is 0.481 e. The summed E-state index contributed by atoms with van der Waals surface area (Å²) in [6.07, 6.45) is 6.24. The highest BCUT2D eigenvalue weighted by atomic mass is 79.9. The minimum Gasteiger partial charge on any atom is -0.481 e. The molecule has 0 aliphatic rings. The van der Waals surface area contributed by atoms with Crippen LogP contribution in [0.1, 0.15) is 18.9 Å². The van der Waals surface area contributed by atoms with Crippen molar-refractivity contribution in [3.63, 3.8) is 0 Å². The Hall–Kier alpha value is -1.02. The molecule has 0 saturated carbocycles. The van der Waals surface area contributed by atoms with Crippen molar-refractivity contribution in [3.8, 4) is 18.1 Å². The first-order chi connectivity index (χ1) is 9.21. The van der Waals surface area contributed by atoms with E-state index in [-0.39, 0.29) is 6.61 Å². The minimum atomic E-state index is 0.282. The Bertz CT molecular complexity index is 429. The van der Waals surface area contributed by atoms with Crippen LogP contribution in [0.25, 0.3) is 0 Å². The van der Waals surface area contributed by atoms with Gasteiger partial charge < -0.3 is 14.8 Å². The van der Waals surface area contributed by atoms with Crippen LogP contribution in [0.2, 0.25) is 0 Å². The zero-order valence-corrected chi connectivity index (χ0v) is 13.0. The first kappa shape index (κ1) is 16.0. The Labute approximate surface area is 123 Å². The maximum atomic E-state index is 5.54. The van der Waals surface area contributed by atoms with Gasteiger partial charge in [0, 0.05) is 29.7 Å². The summed E-state index contributed by atoms with van der Waals surface area (Å²) in [6.45, 7) is 3.84. The molecule has 0 fully saturated rings. The Morgan fingerprint density at radius 2 is 2.26 bits per heavy atom. The van der Waals surface area contributed by atoms with Crippen molar-refractivity contribution in [2.45, 2.75) is 25.9 Å². The van der Waals surface area contributed by atoms with E-state index >= 15 is 0 Å². The third kappa shape index (κ3) is 5.65. The molecule has 0 saturated heterocycles. The molecule has 0 aromatic heterocycles. The van der Waals surface area contributed by atoms with Crippen molar-refractivity contribution in [3.05, 3.63) is 28.2 Å². The van der Waals surface area contributed by atoms with Crippen LogP contribution >= 0.6 is 15.9 Å². The number of rotatable bonds is 8. The van der Waals surface area contributed by atoms with Crippen LogP contribution < -0.4 is 10.1 Å². The summed E-state index contributed by atoms with van der Waals surface area (Å²) < 4.78 is 11.7. The monoisotopic (exact) mass is 325 g/mol. The molecule has 1 unspecified atom stereocenters. The Kier molecular flexibility index (Phi) is 7.57. The molecular weight excluding hydrogens is 306 g/mol. The zero-order valence-electron chi connectivity index (χ0n) is 11.4. The van der Waals surface area contributed by atoms with E-state index in [0.29, 0.717) is 12.6 Å². The summed E-state index contributed by atoms with van der Waals surface area (Å²) in [5, 5.41) is 3.45. The van der Waals surface area contributed by atoms with Gasteiger partial charge in [0.15, 0.2) is 0 Å². The smallest absolute Gasteiger partial charge is 0.148 e. The number of hydrogen-bond acceptors (Lipinski definition) is 3. The number of benzene rings is 1. The van der Waals surface area contributed by atoms with E-state index < -0.39 is 0 Å². The first-order valence-electron chi connectivity index (χ1n) is 6.28. The summed E-state index contributed by atoms with van der Waals surface area (Å²) in [5.74, 6) is 3.30. The minimum absolute atomic E-state index is 0.282. The molecule has 1 aromatic rings. The van der Waals surface area contributed by atoms with Crippen LogP contribution in [0.4, 0.5) is 0 Å². The summed E-state index contributed by atoms with van der Waals surface area (Å²) >= 11 is 3.47. The van der Waals surface area contributed by atoms with Crippen LogP contribution in [0.5, 0.6) is 5.75 Å². The number of ether oxygens (including phenoxy) is 2. The molecule has 0 heterocycles. The van der Waals surface area contributed by atoms with Gasteiger partial charge in [0.05, 0.1) is 6.61 Å². The summed E-state index contributed by atoms with van der Waals surface area (Å²) in [7, 11) is 1.71. The van der Waals surface area contributed by atoms with E-state index in [1.807, 2.05) is 18.2 Å². The third-order valence-corrected chi connectivity index (χ3v) is 3.27. The quantitative estimate of drug-likeness (QED) is 0.745. The molecule has 19 heavy (non-hydrogen) atoms. The normalized spacial score (nSPS) is 11.9. The number of hydrogen-bond donors (Lipinski definition) is 1. The second-order valence-corrected chi connectivity index (χ2v) is 5.10. The SMILES string of the molecule is C#CCOc1ccc(Br)cc1CNC(CC)COC. The first-order valence-corrected chi connectivity index (χ1v) is 7.07. The molecule has 0 bridgehead atoms. The number of methoxy groups -OCH3 is 1. The standard InChI is InChI=1S/C15H20BrNO2/c1-4-8-19-15-7-6-13(16)9-12(15)10-17-14(5-2)11-18-3/h1,6-7,9,14,17H,5,8,10-11H2,2-3H3. The van der Waals surface area contributed by atoms with E-state index in [2.05, 4.69) is 34.1 Å². The van der Waals surface area contributed by atoms with Gasteiger partial charge in [0.25, 0.3) is 0 Å². The van der Waals surface area contributed by atoms with Gasteiger partial charge in [-0.25, -0.2) is 0 Å². The van der Waals surface area contributed by atoms with Crippen LogP contribution in [0.3, 0.4) is 0 Å². The van der Waals surface area contributed by atoms with Crippen molar-refractivity contribution >= 4 is 15.9 Å². The van der Waals surface area contributed by atoms with Gasteiger partial charge in [-0.3, -0.25) is 0 Å². The third-order valence-electron chi connectivity index (χ3n) is 2.78. The van der Waals surface area contributed by atoms with Crippen molar-refractivity contribution < 1.29 is 9.47 Å². The van der Waals surface area contributed by atoms with Gasteiger partial charge in [-0.2, -0.15) is 0 Å². The van der Waals surface area contributed by atoms with E-state index in [4.69, 9.17) is 15.9 Å². The number of nitrogens with one attached hydrogen (secondary N) is 1. The lowest BCUT2D eigenvalue weighted by Crippen LogP contribution is -2.32. The predicted molar refractivity (Wildman–Crippen MR) is 81.3 cm³/mol. The van der Waals surface area contributed by atoms with Gasteiger partial charge in [0.1, 0.15) is 12.4 Å². The highest BCUT2D eigenvalue weighted by molar-refractivity contribution is 9.10. The fourth-order valence-electron chi connectivity index (χ4n) is 1.72. The molecule has 1 atom stereocenters. The van der Waals surface area contributed by atoms with Crippen molar-refractivity contribution in [1.82, 2.24) is 5.32 Å². The number of halogens is 1. The lowest BCUT2D eigenvalue weighted by molar-refractivity contribution is 0.163. The zero-order chi connectivity index (χ0) is 14.1. The predicted octanol–water partition coefficient (Wildman–Crippen LogP) is 2.98. The van der Waals surface area contributed by atoms with Crippen molar-refractivity contribution in [1.29, 1.82) is 0 Å². The molecule has 1 N–H and O–H groups in total. The van der Waals surface area contributed by atoms with Crippen molar-refractivity contribution in [2.24, 2.45) is 0 Å². The summed E-state index contributed by atoms with van der Waals surface area (Å²) in [6, 6.07) is 6.25. The summed E-state index contributed by atoms with van der Waals surface area (Å²) in [4.78, 5) is 0. The fourth-order valence-corrected chi connectivity index (χ4v) is 2.13. The van der Waals surface area contributed by atoms with Gasteiger partial charge in [-0.1, -0.05) is 28.8 Å². The van der Waals surface area contributed by atoms with E-state index in [1.54, 1.807) is 7.11 Å². The lowest BCUT2D eigenvalue weighted by atomic mass is 10.1. The maximum Gasteiger partial charge on any atom is 0.148 e. The molecule has 0 aliphatic carbocycles. The van der Waals surface area contributed by atoms with E-state index in [1.165, 1.54) is 0 Å². The molecular formula is C15H20BrNO2. The van der Waals surface area contributed by atoms with Crippen LogP contribution in [0, 0.1) is 12.3 Å². The Morgan fingerprint density at radius 3 is 2.89 bits per heavy atom. The average Bonchev–Trinajstić information content (AvgIpc) is 2.42. The highest BCUT2D eigenvalue weighted by Gasteiger charge is 2.08. The Morgan fingerprint density at radius 1 is 1.47 bits per heavy atom. The molecule has 0 spiro atoms. The van der Waals surface area contributed by atoms with Crippen molar-refractivity contribution in [2.75, 3.05) is 20.3 Å².